The number of nitrogens with one attached hydrogen (secondary N) is 1. The maximum absolute atomic E-state index is 12.1. The van der Waals surface area contributed by atoms with Crippen LogP contribution in [0.2, 0.25) is 0 Å². The van der Waals surface area contributed by atoms with Gasteiger partial charge in [-0.05, 0) is 62.1 Å². The number of ether oxygens (including phenoxy) is 1. The SMILES string of the molecule is CCOc1cccc(C(C)NC(=O)/C=C/c2ccc(C3CC3C)o2)c1. The molecule has 1 aromatic heterocycles. The first-order valence-corrected chi connectivity index (χ1v) is 8.88. The number of carbonyl (C=O) groups excluding carboxylic acids is 1. The highest BCUT2D eigenvalue weighted by Crippen LogP contribution is 2.47. The van der Waals surface area contributed by atoms with Gasteiger partial charge in [-0.25, -0.2) is 0 Å². The van der Waals surface area contributed by atoms with E-state index in [9.17, 15) is 4.79 Å². The number of amides is 1. The molecule has 1 aliphatic rings. The maximum atomic E-state index is 12.1. The van der Waals surface area contributed by atoms with E-state index in [0.717, 1.165) is 22.8 Å². The highest BCUT2D eigenvalue weighted by Gasteiger charge is 2.36. The summed E-state index contributed by atoms with van der Waals surface area (Å²) in [5.74, 6) is 3.67. The van der Waals surface area contributed by atoms with Gasteiger partial charge in [0, 0.05) is 12.0 Å². The first-order valence-electron chi connectivity index (χ1n) is 8.88. The van der Waals surface area contributed by atoms with Crippen LogP contribution in [0.25, 0.3) is 6.08 Å². The van der Waals surface area contributed by atoms with E-state index in [-0.39, 0.29) is 11.9 Å². The predicted molar refractivity (Wildman–Crippen MR) is 98.4 cm³/mol. The third-order valence-electron chi connectivity index (χ3n) is 4.55. The molecule has 1 amide bonds. The van der Waals surface area contributed by atoms with Crippen LogP contribution >= 0.6 is 0 Å². The monoisotopic (exact) mass is 339 g/mol. The van der Waals surface area contributed by atoms with Crippen molar-refractivity contribution in [3.63, 3.8) is 0 Å². The van der Waals surface area contributed by atoms with Gasteiger partial charge < -0.3 is 14.5 Å². The van der Waals surface area contributed by atoms with E-state index >= 15 is 0 Å². The first kappa shape index (κ1) is 17.3. The van der Waals surface area contributed by atoms with Crippen LogP contribution in [0.4, 0.5) is 0 Å². The zero-order valence-electron chi connectivity index (χ0n) is 15.0. The van der Waals surface area contributed by atoms with Gasteiger partial charge in [0.1, 0.15) is 17.3 Å². The van der Waals surface area contributed by atoms with Crippen LogP contribution in [-0.4, -0.2) is 12.5 Å². The average Bonchev–Trinajstić information content (AvgIpc) is 3.14. The Morgan fingerprint density at radius 2 is 2.20 bits per heavy atom. The summed E-state index contributed by atoms with van der Waals surface area (Å²) in [5, 5.41) is 2.96. The van der Waals surface area contributed by atoms with Crippen LogP contribution in [0, 0.1) is 5.92 Å². The fourth-order valence-corrected chi connectivity index (χ4v) is 2.92. The van der Waals surface area contributed by atoms with Crippen LogP contribution in [0.15, 0.2) is 46.9 Å². The van der Waals surface area contributed by atoms with Gasteiger partial charge in [-0.15, -0.1) is 0 Å². The molecule has 3 rings (SSSR count). The Morgan fingerprint density at radius 1 is 1.40 bits per heavy atom. The second-order valence-corrected chi connectivity index (χ2v) is 6.63. The number of hydrogen-bond donors (Lipinski definition) is 1. The van der Waals surface area contributed by atoms with E-state index in [2.05, 4.69) is 12.2 Å². The van der Waals surface area contributed by atoms with E-state index in [1.807, 2.05) is 50.2 Å². The zero-order chi connectivity index (χ0) is 17.8. The van der Waals surface area contributed by atoms with E-state index in [1.165, 1.54) is 12.5 Å². The fraction of sp³-hybridized carbons (Fsp3) is 0.381. The molecule has 1 heterocycles. The Balaban J connectivity index is 1.56. The van der Waals surface area contributed by atoms with Gasteiger partial charge >= 0.3 is 0 Å². The molecule has 0 radical (unpaired) electrons. The van der Waals surface area contributed by atoms with Crippen molar-refractivity contribution in [2.45, 2.75) is 39.2 Å². The van der Waals surface area contributed by atoms with Gasteiger partial charge in [-0.2, -0.15) is 0 Å². The Labute approximate surface area is 148 Å². The molecule has 25 heavy (non-hydrogen) atoms. The lowest BCUT2D eigenvalue weighted by atomic mass is 10.1. The third kappa shape index (κ3) is 4.53. The van der Waals surface area contributed by atoms with E-state index in [4.69, 9.17) is 9.15 Å². The highest BCUT2D eigenvalue weighted by molar-refractivity contribution is 5.91. The number of rotatable bonds is 7. The summed E-state index contributed by atoms with van der Waals surface area (Å²) in [5.41, 5.74) is 1.01. The molecule has 1 N–H and O–H groups in total. The molecule has 1 fully saturated rings. The molecule has 0 bridgehead atoms. The van der Waals surface area contributed by atoms with E-state index in [1.54, 1.807) is 6.08 Å². The Morgan fingerprint density at radius 3 is 2.92 bits per heavy atom. The normalized spacial score (nSPS) is 20.4. The second-order valence-electron chi connectivity index (χ2n) is 6.63. The first-order chi connectivity index (χ1) is 12.1. The minimum atomic E-state index is -0.146. The van der Waals surface area contributed by atoms with Crippen LogP contribution in [0.5, 0.6) is 5.75 Å². The van der Waals surface area contributed by atoms with Crippen molar-refractivity contribution >= 4 is 12.0 Å². The number of benzene rings is 1. The molecule has 132 valence electrons. The van der Waals surface area contributed by atoms with Gasteiger partial charge in [-0.1, -0.05) is 19.1 Å². The third-order valence-corrected chi connectivity index (χ3v) is 4.55. The summed E-state index contributed by atoms with van der Waals surface area (Å²) in [4.78, 5) is 12.1. The van der Waals surface area contributed by atoms with Crippen molar-refractivity contribution in [1.82, 2.24) is 5.32 Å². The standard InChI is InChI=1S/C21H25NO3/c1-4-24-18-7-5-6-16(13-18)15(3)22-21(23)11-9-17-8-10-20(25-17)19-12-14(19)2/h5-11,13-15,19H,4,12H2,1-3H3,(H,22,23)/b11-9+. The highest BCUT2D eigenvalue weighted by atomic mass is 16.5. The summed E-state index contributed by atoms with van der Waals surface area (Å²) >= 11 is 0. The maximum Gasteiger partial charge on any atom is 0.244 e. The Kier molecular flexibility index (Phi) is 5.27. The molecule has 1 aliphatic carbocycles. The van der Waals surface area contributed by atoms with Crippen molar-refractivity contribution in [3.8, 4) is 5.75 Å². The van der Waals surface area contributed by atoms with Gasteiger partial charge in [0.2, 0.25) is 5.91 Å². The largest absolute Gasteiger partial charge is 0.494 e. The van der Waals surface area contributed by atoms with E-state index < -0.39 is 0 Å². The number of furan rings is 1. The molecule has 3 atom stereocenters. The topological polar surface area (TPSA) is 51.5 Å². The molecule has 3 unspecified atom stereocenters. The fourth-order valence-electron chi connectivity index (χ4n) is 2.92. The predicted octanol–water partition coefficient (Wildman–Crippen LogP) is 4.69. The molecule has 4 heteroatoms. The lowest BCUT2D eigenvalue weighted by Crippen LogP contribution is -2.24. The molecular formula is C21H25NO3. The smallest absolute Gasteiger partial charge is 0.244 e. The lowest BCUT2D eigenvalue weighted by Gasteiger charge is -2.14. The van der Waals surface area contributed by atoms with Crippen LogP contribution in [0.1, 0.15) is 56.2 Å². The quantitative estimate of drug-likeness (QED) is 0.744. The van der Waals surface area contributed by atoms with Gasteiger partial charge in [-0.3, -0.25) is 4.79 Å². The molecule has 1 saturated carbocycles. The van der Waals surface area contributed by atoms with Gasteiger partial charge in [0.25, 0.3) is 0 Å². The lowest BCUT2D eigenvalue weighted by molar-refractivity contribution is -0.117. The van der Waals surface area contributed by atoms with Crippen LogP contribution < -0.4 is 10.1 Å². The minimum Gasteiger partial charge on any atom is -0.494 e. The molecular weight excluding hydrogens is 314 g/mol. The van der Waals surface area contributed by atoms with Crippen LogP contribution in [-0.2, 0) is 4.79 Å². The minimum absolute atomic E-state index is 0.1000. The van der Waals surface area contributed by atoms with Crippen molar-refractivity contribution in [2.24, 2.45) is 5.92 Å². The molecule has 1 aromatic carbocycles. The summed E-state index contributed by atoms with van der Waals surface area (Å²) in [6.45, 7) is 6.75. The van der Waals surface area contributed by atoms with Crippen molar-refractivity contribution in [1.29, 1.82) is 0 Å². The number of hydrogen-bond acceptors (Lipinski definition) is 3. The molecule has 4 nitrogen and oxygen atoms in total. The zero-order valence-corrected chi connectivity index (χ0v) is 15.0. The summed E-state index contributed by atoms with van der Waals surface area (Å²) in [7, 11) is 0. The Hall–Kier alpha value is -2.49. The van der Waals surface area contributed by atoms with Crippen molar-refractivity contribution in [3.05, 3.63) is 59.6 Å². The molecule has 0 aliphatic heterocycles. The van der Waals surface area contributed by atoms with Crippen molar-refractivity contribution in [2.75, 3.05) is 6.61 Å². The summed E-state index contributed by atoms with van der Waals surface area (Å²) < 4.78 is 11.3. The average molecular weight is 339 g/mol. The summed E-state index contributed by atoms with van der Waals surface area (Å²) in [6.07, 6.45) is 4.42. The molecule has 0 saturated heterocycles. The number of carbonyl (C=O) groups is 1. The summed E-state index contributed by atoms with van der Waals surface area (Å²) in [6, 6.07) is 11.6. The Bertz CT molecular complexity index is 762. The van der Waals surface area contributed by atoms with Gasteiger partial charge in [0.05, 0.1) is 12.6 Å². The molecule has 0 spiro atoms. The van der Waals surface area contributed by atoms with Crippen LogP contribution in [0.3, 0.4) is 0 Å². The molecule has 2 aromatic rings. The van der Waals surface area contributed by atoms with Gasteiger partial charge in [0.15, 0.2) is 0 Å². The van der Waals surface area contributed by atoms with E-state index in [0.29, 0.717) is 18.4 Å². The van der Waals surface area contributed by atoms with Crippen molar-refractivity contribution < 1.29 is 13.9 Å². The second kappa shape index (κ2) is 7.60.